The summed E-state index contributed by atoms with van der Waals surface area (Å²) in [6.07, 6.45) is 9.37. The number of nitrogens with zero attached hydrogens (tertiary/aromatic N) is 3. The first kappa shape index (κ1) is 27.0. The van der Waals surface area contributed by atoms with Crippen LogP contribution in [0.4, 0.5) is 5.69 Å². The summed E-state index contributed by atoms with van der Waals surface area (Å²) in [6, 6.07) is 13.3. The Hall–Kier alpha value is -4.07. The fourth-order valence-electron chi connectivity index (χ4n) is 4.83. The van der Waals surface area contributed by atoms with Gasteiger partial charge < -0.3 is 10.1 Å². The van der Waals surface area contributed by atoms with Crippen molar-refractivity contribution in [3.05, 3.63) is 89.5 Å². The molecule has 2 aromatic carbocycles. The van der Waals surface area contributed by atoms with Crippen LogP contribution in [0.15, 0.2) is 67.1 Å². The molecule has 3 aromatic rings. The van der Waals surface area contributed by atoms with Crippen LogP contribution in [0, 0.1) is 0 Å². The Morgan fingerprint density at radius 2 is 1.68 bits per heavy atom. The second-order valence-electron chi connectivity index (χ2n) is 9.88. The van der Waals surface area contributed by atoms with E-state index in [4.69, 9.17) is 4.74 Å². The van der Waals surface area contributed by atoms with Gasteiger partial charge in [-0.2, -0.15) is 0 Å². The molecule has 0 bridgehead atoms. The largest absolute Gasteiger partial charge is 0.465 e. The first-order valence-electron chi connectivity index (χ1n) is 13.1. The Bertz CT molecular complexity index is 1250. The van der Waals surface area contributed by atoms with Gasteiger partial charge in [0.15, 0.2) is 0 Å². The average Bonchev–Trinajstić information content (AvgIpc) is 2.96. The summed E-state index contributed by atoms with van der Waals surface area (Å²) in [7, 11) is 1.30. The Morgan fingerprint density at radius 3 is 2.32 bits per heavy atom. The topological polar surface area (TPSA) is 101 Å². The van der Waals surface area contributed by atoms with E-state index in [2.05, 4.69) is 29.1 Å². The maximum absolute atomic E-state index is 14.0. The van der Waals surface area contributed by atoms with E-state index in [1.165, 1.54) is 30.6 Å². The van der Waals surface area contributed by atoms with E-state index in [1.54, 1.807) is 24.3 Å². The summed E-state index contributed by atoms with van der Waals surface area (Å²) in [5.74, 6) is -1.01. The summed E-state index contributed by atoms with van der Waals surface area (Å²) < 4.78 is 4.90. The molecule has 0 unspecified atom stereocenters. The number of rotatable bonds is 8. The van der Waals surface area contributed by atoms with Crippen molar-refractivity contribution in [1.82, 2.24) is 15.3 Å². The standard InChI is InChI=1S/C30H34N4O4/c1-20(2)21-12-14-22(15-13-21)27(28(35)33-24-9-5-4-6-10-24)34(29(36)26-19-31-16-17-32-26)25-11-7-8-23(18-25)30(37)38-3/h7-8,11-20,24,27H,4-6,9-10H2,1-3H3,(H,33,35)/t27-/m0/s1. The molecule has 1 saturated carbocycles. The number of hydrogen-bond acceptors (Lipinski definition) is 6. The SMILES string of the molecule is COC(=O)c1cccc(N(C(=O)c2cnccn2)[C@H](C(=O)NC2CCCCC2)c2ccc(C(C)C)cc2)c1. The third-order valence-corrected chi connectivity index (χ3v) is 6.92. The third kappa shape index (κ3) is 6.25. The third-order valence-electron chi connectivity index (χ3n) is 6.92. The van der Waals surface area contributed by atoms with Gasteiger partial charge in [-0.05, 0) is 48.1 Å². The van der Waals surface area contributed by atoms with Crippen LogP contribution in [-0.4, -0.2) is 40.9 Å². The molecule has 1 aliphatic carbocycles. The average molecular weight is 515 g/mol. The van der Waals surface area contributed by atoms with Gasteiger partial charge in [0.1, 0.15) is 11.7 Å². The lowest BCUT2D eigenvalue weighted by atomic mass is 9.94. The molecule has 8 heteroatoms. The highest BCUT2D eigenvalue weighted by Gasteiger charge is 2.35. The van der Waals surface area contributed by atoms with Crippen LogP contribution in [0.25, 0.3) is 0 Å². The Labute approximate surface area is 223 Å². The zero-order chi connectivity index (χ0) is 27.1. The summed E-state index contributed by atoms with van der Waals surface area (Å²) in [5.41, 5.74) is 2.51. The highest BCUT2D eigenvalue weighted by atomic mass is 16.5. The first-order valence-corrected chi connectivity index (χ1v) is 13.1. The number of carbonyl (C=O) groups is 3. The molecule has 1 heterocycles. The first-order chi connectivity index (χ1) is 18.4. The number of ether oxygens (including phenoxy) is 1. The number of esters is 1. The maximum atomic E-state index is 14.0. The molecule has 1 N–H and O–H groups in total. The molecule has 2 amide bonds. The molecular weight excluding hydrogens is 480 g/mol. The Balaban J connectivity index is 1.84. The number of methoxy groups -OCH3 is 1. The molecule has 1 atom stereocenters. The van der Waals surface area contributed by atoms with E-state index in [0.29, 0.717) is 17.2 Å². The summed E-state index contributed by atoms with van der Waals surface area (Å²) in [4.78, 5) is 50.0. The highest BCUT2D eigenvalue weighted by Crippen LogP contribution is 2.32. The highest BCUT2D eigenvalue weighted by molar-refractivity contribution is 6.09. The lowest BCUT2D eigenvalue weighted by Crippen LogP contribution is -2.47. The second kappa shape index (κ2) is 12.4. The smallest absolute Gasteiger partial charge is 0.337 e. The quantitative estimate of drug-likeness (QED) is 0.414. The zero-order valence-corrected chi connectivity index (χ0v) is 22.1. The van der Waals surface area contributed by atoms with E-state index >= 15 is 0 Å². The van der Waals surface area contributed by atoms with Gasteiger partial charge in [0.2, 0.25) is 5.91 Å². The van der Waals surface area contributed by atoms with E-state index in [9.17, 15) is 14.4 Å². The minimum atomic E-state index is -0.999. The normalized spacial score (nSPS) is 14.5. The Kier molecular flexibility index (Phi) is 8.84. The summed E-state index contributed by atoms with van der Waals surface area (Å²) >= 11 is 0. The van der Waals surface area contributed by atoms with Crippen molar-refractivity contribution in [2.75, 3.05) is 12.0 Å². The minimum Gasteiger partial charge on any atom is -0.465 e. The van der Waals surface area contributed by atoms with Gasteiger partial charge in [0, 0.05) is 24.1 Å². The van der Waals surface area contributed by atoms with Gasteiger partial charge in [-0.15, -0.1) is 0 Å². The molecule has 0 radical (unpaired) electrons. The monoisotopic (exact) mass is 514 g/mol. The van der Waals surface area contributed by atoms with Crippen molar-refractivity contribution in [3.63, 3.8) is 0 Å². The van der Waals surface area contributed by atoms with E-state index in [-0.39, 0.29) is 23.2 Å². The molecular formula is C30H34N4O4. The number of benzene rings is 2. The number of amides is 2. The molecule has 0 aliphatic heterocycles. The molecule has 4 rings (SSSR count). The van der Waals surface area contributed by atoms with E-state index in [1.807, 2.05) is 24.3 Å². The van der Waals surface area contributed by atoms with Gasteiger partial charge >= 0.3 is 5.97 Å². The van der Waals surface area contributed by atoms with Gasteiger partial charge in [0.05, 0.1) is 18.9 Å². The van der Waals surface area contributed by atoms with Gasteiger partial charge in [0.25, 0.3) is 5.91 Å². The van der Waals surface area contributed by atoms with Crippen molar-refractivity contribution in [1.29, 1.82) is 0 Å². The maximum Gasteiger partial charge on any atom is 0.337 e. The van der Waals surface area contributed by atoms with Crippen molar-refractivity contribution < 1.29 is 19.1 Å². The number of aromatic nitrogens is 2. The number of carbonyl (C=O) groups excluding carboxylic acids is 3. The molecule has 38 heavy (non-hydrogen) atoms. The van der Waals surface area contributed by atoms with Crippen LogP contribution in [-0.2, 0) is 9.53 Å². The molecule has 0 spiro atoms. The molecule has 1 fully saturated rings. The fourth-order valence-corrected chi connectivity index (χ4v) is 4.83. The van der Waals surface area contributed by atoms with Crippen molar-refractivity contribution >= 4 is 23.5 Å². The van der Waals surface area contributed by atoms with Crippen molar-refractivity contribution in [3.8, 4) is 0 Å². The molecule has 198 valence electrons. The second-order valence-corrected chi connectivity index (χ2v) is 9.88. The molecule has 0 saturated heterocycles. The molecule has 8 nitrogen and oxygen atoms in total. The van der Waals surface area contributed by atoms with Crippen molar-refractivity contribution in [2.24, 2.45) is 0 Å². The van der Waals surface area contributed by atoms with E-state index < -0.39 is 17.9 Å². The van der Waals surface area contributed by atoms with Crippen LogP contribution in [0.5, 0.6) is 0 Å². The lowest BCUT2D eigenvalue weighted by Gasteiger charge is -2.33. The minimum absolute atomic E-state index is 0.0450. The summed E-state index contributed by atoms with van der Waals surface area (Å²) in [6.45, 7) is 4.20. The lowest BCUT2D eigenvalue weighted by molar-refractivity contribution is -0.123. The number of hydrogen-bond donors (Lipinski definition) is 1. The van der Waals surface area contributed by atoms with Crippen LogP contribution in [0.2, 0.25) is 0 Å². The van der Waals surface area contributed by atoms with Gasteiger partial charge in [-0.1, -0.05) is 63.4 Å². The van der Waals surface area contributed by atoms with E-state index in [0.717, 1.165) is 37.7 Å². The van der Waals surface area contributed by atoms with Gasteiger partial charge in [-0.3, -0.25) is 19.5 Å². The van der Waals surface area contributed by atoms with Gasteiger partial charge in [-0.25, -0.2) is 9.78 Å². The Morgan fingerprint density at radius 1 is 0.974 bits per heavy atom. The van der Waals surface area contributed by atoms with Crippen LogP contribution >= 0.6 is 0 Å². The van der Waals surface area contributed by atoms with Crippen LogP contribution < -0.4 is 10.2 Å². The van der Waals surface area contributed by atoms with Crippen LogP contribution in [0.1, 0.15) is 89.9 Å². The molecule has 1 aliphatic rings. The number of nitrogens with one attached hydrogen (secondary N) is 1. The summed E-state index contributed by atoms with van der Waals surface area (Å²) in [5, 5.41) is 3.20. The predicted octanol–water partition coefficient (Wildman–Crippen LogP) is 5.22. The molecule has 1 aromatic heterocycles. The zero-order valence-electron chi connectivity index (χ0n) is 22.1. The number of anilines is 1. The fraction of sp³-hybridized carbons (Fsp3) is 0.367. The van der Waals surface area contributed by atoms with Crippen molar-refractivity contribution in [2.45, 2.75) is 64.0 Å². The predicted molar refractivity (Wildman–Crippen MR) is 145 cm³/mol. The van der Waals surface area contributed by atoms with Crippen LogP contribution in [0.3, 0.4) is 0 Å².